The SMILES string of the molecule is C#CC(CC)OC(=O)c1cccc2ccccc12. The Labute approximate surface area is 107 Å². The largest absolute Gasteiger partial charge is 0.446 e. The van der Waals surface area contributed by atoms with Gasteiger partial charge in [-0.1, -0.05) is 49.2 Å². The highest BCUT2D eigenvalue weighted by Gasteiger charge is 2.14. The third kappa shape index (κ3) is 2.36. The number of hydrogen-bond acceptors (Lipinski definition) is 2. The molecule has 0 heterocycles. The molecule has 0 bridgehead atoms. The van der Waals surface area contributed by atoms with Crippen LogP contribution in [0.25, 0.3) is 10.8 Å². The first-order valence-corrected chi connectivity index (χ1v) is 5.91. The molecule has 0 radical (unpaired) electrons. The van der Waals surface area contributed by atoms with Crippen LogP contribution in [0.2, 0.25) is 0 Å². The molecule has 18 heavy (non-hydrogen) atoms. The molecule has 2 nitrogen and oxygen atoms in total. The summed E-state index contributed by atoms with van der Waals surface area (Å²) < 4.78 is 5.27. The lowest BCUT2D eigenvalue weighted by Gasteiger charge is -2.11. The van der Waals surface area contributed by atoms with Gasteiger partial charge in [-0.3, -0.25) is 0 Å². The van der Waals surface area contributed by atoms with Gasteiger partial charge in [0.25, 0.3) is 0 Å². The molecule has 2 aromatic rings. The van der Waals surface area contributed by atoms with E-state index in [2.05, 4.69) is 5.92 Å². The van der Waals surface area contributed by atoms with E-state index in [1.807, 2.05) is 43.3 Å². The van der Waals surface area contributed by atoms with Crippen LogP contribution in [0.3, 0.4) is 0 Å². The molecular weight excluding hydrogens is 224 g/mol. The van der Waals surface area contributed by atoms with Crippen molar-refractivity contribution in [1.82, 2.24) is 0 Å². The molecular formula is C16H14O2. The predicted octanol–water partition coefficient (Wildman–Crippen LogP) is 3.41. The van der Waals surface area contributed by atoms with Crippen molar-refractivity contribution in [1.29, 1.82) is 0 Å². The van der Waals surface area contributed by atoms with E-state index in [0.717, 1.165) is 10.8 Å². The average molecular weight is 238 g/mol. The maximum atomic E-state index is 12.1. The van der Waals surface area contributed by atoms with Crippen LogP contribution in [0, 0.1) is 12.3 Å². The van der Waals surface area contributed by atoms with Crippen molar-refractivity contribution in [2.75, 3.05) is 0 Å². The molecule has 0 saturated heterocycles. The molecule has 0 amide bonds. The molecule has 0 aliphatic carbocycles. The summed E-state index contributed by atoms with van der Waals surface area (Å²) in [6.07, 6.45) is 5.45. The molecule has 0 saturated carbocycles. The number of ether oxygens (including phenoxy) is 1. The Balaban J connectivity index is 2.37. The Morgan fingerprint density at radius 3 is 2.72 bits per heavy atom. The molecule has 2 heteroatoms. The van der Waals surface area contributed by atoms with Gasteiger partial charge in [-0.15, -0.1) is 6.42 Å². The van der Waals surface area contributed by atoms with Crippen molar-refractivity contribution >= 4 is 16.7 Å². The van der Waals surface area contributed by atoms with E-state index < -0.39 is 6.10 Å². The van der Waals surface area contributed by atoms with Crippen molar-refractivity contribution in [2.45, 2.75) is 19.4 Å². The van der Waals surface area contributed by atoms with Gasteiger partial charge in [-0.05, 0) is 23.3 Å². The third-order valence-electron chi connectivity index (χ3n) is 2.82. The molecule has 0 aliphatic heterocycles. The standard InChI is InChI=1S/C16H14O2/c1-3-13(4-2)18-16(17)15-11-7-9-12-8-5-6-10-14(12)15/h1,5-11,13H,4H2,2H3. The van der Waals surface area contributed by atoms with E-state index in [4.69, 9.17) is 11.2 Å². The van der Waals surface area contributed by atoms with E-state index in [0.29, 0.717) is 12.0 Å². The van der Waals surface area contributed by atoms with Crippen molar-refractivity contribution in [3.63, 3.8) is 0 Å². The molecule has 0 aromatic heterocycles. The third-order valence-corrected chi connectivity index (χ3v) is 2.82. The summed E-state index contributed by atoms with van der Waals surface area (Å²) >= 11 is 0. The van der Waals surface area contributed by atoms with Gasteiger partial charge in [0.2, 0.25) is 0 Å². The molecule has 1 unspecified atom stereocenters. The van der Waals surface area contributed by atoms with Crippen LogP contribution in [-0.2, 0) is 4.74 Å². The summed E-state index contributed by atoms with van der Waals surface area (Å²) in [5.41, 5.74) is 0.557. The van der Waals surface area contributed by atoms with Gasteiger partial charge in [0.15, 0.2) is 6.10 Å². The fraction of sp³-hybridized carbons (Fsp3) is 0.188. The summed E-state index contributed by atoms with van der Waals surface area (Å²) in [5.74, 6) is 2.09. The number of hydrogen-bond donors (Lipinski definition) is 0. The summed E-state index contributed by atoms with van der Waals surface area (Å²) in [4.78, 5) is 12.1. The lowest BCUT2D eigenvalue weighted by atomic mass is 10.0. The van der Waals surface area contributed by atoms with E-state index >= 15 is 0 Å². The number of carbonyl (C=O) groups excluding carboxylic acids is 1. The zero-order valence-electron chi connectivity index (χ0n) is 10.2. The zero-order chi connectivity index (χ0) is 13.0. The van der Waals surface area contributed by atoms with Crippen LogP contribution in [0.15, 0.2) is 42.5 Å². The molecule has 0 spiro atoms. The Morgan fingerprint density at radius 1 is 1.28 bits per heavy atom. The van der Waals surface area contributed by atoms with Gasteiger partial charge in [-0.2, -0.15) is 0 Å². The van der Waals surface area contributed by atoms with Crippen molar-refractivity contribution in [2.24, 2.45) is 0 Å². The van der Waals surface area contributed by atoms with Gasteiger partial charge >= 0.3 is 5.97 Å². The molecule has 0 N–H and O–H groups in total. The number of benzene rings is 2. The number of rotatable bonds is 3. The lowest BCUT2D eigenvalue weighted by Crippen LogP contribution is -2.15. The van der Waals surface area contributed by atoms with Crippen molar-refractivity contribution in [3.05, 3.63) is 48.0 Å². The second kappa shape index (κ2) is 5.37. The first-order chi connectivity index (χ1) is 8.76. The highest BCUT2D eigenvalue weighted by molar-refractivity contribution is 6.04. The Bertz CT molecular complexity index is 603. The average Bonchev–Trinajstić information content (AvgIpc) is 2.43. The summed E-state index contributed by atoms with van der Waals surface area (Å²) in [7, 11) is 0. The van der Waals surface area contributed by atoms with E-state index in [1.54, 1.807) is 6.07 Å². The lowest BCUT2D eigenvalue weighted by molar-refractivity contribution is 0.0407. The molecule has 0 fully saturated rings. The highest BCUT2D eigenvalue weighted by atomic mass is 16.5. The van der Waals surface area contributed by atoms with Crippen LogP contribution in [-0.4, -0.2) is 12.1 Å². The second-order valence-electron chi connectivity index (χ2n) is 4.00. The van der Waals surface area contributed by atoms with E-state index in [9.17, 15) is 4.79 Å². The Kier molecular flexibility index (Phi) is 3.64. The fourth-order valence-electron chi connectivity index (χ4n) is 1.83. The maximum Gasteiger partial charge on any atom is 0.340 e. The minimum Gasteiger partial charge on any atom is -0.446 e. The summed E-state index contributed by atoms with van der Waals surface area (Å²) in [5, 5.41) is 1.90. The minimum atomic E-state index is -0.462. The first-order valence-electron chi connectivity index (χ1n) is 5.91. The molecule has 2 rings (SSSR count). The zero-order valence-corrected chi connectivity index (χ0v) is 10.2. The van der Waals surface area contributed by atoms with Crippen molar-refractivity contribution in [3.8, 4) is 12.3 Å². The van der Waals surface area contributed by atoms with Crippen LogP contribution in [0.5, 0.6) is 0 Å². The van der Waals surface area contributed by atoms with Gasteiger partial charge in [0, 0.05) is 0 Å². The number of terminal acetylenes is 1. The maximum absolute atomic E-state index is 12.1. The van der Waals surface area contributed by atoms with Crippen molar-refractivity contribution < 1.29 is 9.53 Å². The molecule has 1 atom stereocenters. The van der Waals surface area contributed by atoms with Crippen LogP contribution in [0.4, 0.5) is 0 Å². The van der Waals surface area contributed by atoms with Gasteiger partial charge in [0.05, 0.1) is 5.56 Å². The normalized spacial score (nSPS) is 11.8. The molecule has 90 valence electrons. The monoisotopic (exact) mass is 238 g/mol. The summed E-state index contributed by atoms with van der Waals surface area (Å²) in [6.45, 7) is 1.89. The number of esters is 1. The van der Waals surface area contributed by atoms with Gasteiger partial charge in [-0.25, -0.2) is 4.79 Å². The first kappa shape index (κ1) is 12.2. The highest BCUT2D eigenvalue weighted by Crippen LogP contribution is 2.19. The Morgan fingerprint density at radius 2 is 2.00 bits per heavy atom. The van der Waals surface area contributed by atoms with Gasteiger partial charge in [0.1, 0.15) is 0 Å². The van der Waals surface area contributed by atoms with E-state index in [1.165, 1.54) is 0 Å². The molecule has 0 aliphatic rings. The smallest absolute Gasteiger partial charge is 0.340 e. The number of fused-ring (bicyclic) bond motifs is 1. The fourth-order valence-corrected chi connectivity index (χ4v) is 1.83. The molecule has 2 aromatic carbocycles. The Hall–Kier alpha value is -2.27. The quantitative estimate of drug-likeness (QED) is 0.605. The topological polar surface area (TPSA) is 26.3 Å². The van der Waals surface area contributed by atoms with Gasteiger partial charge < -0.3 is 4.74 Å². The van der Waals surface area contributed by atoms with Crippen LogP contribution < -0.4 is 0 Å². The summed E-state index contributed by atoms with van der Waals surface area (Å²) in [6, 6.07) is 13.3. The second-order valence-corrected chi connectivity index (χ2v) is 4.00. The minimum absolute atomic E-state index is 0.364. The van der Waals surface area contributed by atoms with Crippen LogP contribution in [0.1, 0.15) is 23.7 Å². The predicted molar refractivity (Wildman–Crippen MR) is 72.3 cm³/mol. The van der Waals surface area contributed by atoms with Crippen LogP contribution >= 0.6 is 0 Å². The van der Waals surface area contributed by atoms with E-state index in [-0.39, 0.29) is 5.97 Å². The number of carbonyl (C=O) groups is 1.